The number of nitrogens with zero attached hydrogens (tertiary/aromatic N) is 3. The van der Waals surface area contributed by atoms with Crippen LogP contribution in [-0.4, -0.2) is 55.3 Å². The zero-order valence-electron chi connectivity index (χ0n) is 13.8. The van der Waals surface area contributed by atoms with Gasteiger partial charge in [-0.15, -0.1) is 0 Å². The summed E-state index contributed by atoms with van der Waals surface area (Å²) in [4.78, 5) is 34.6. The molecule has 1 fully saturated rings. The molecule has 1 aliphatic heterocycles. The molecule has 8 nitrogen and oxygen atoms in total. The number of rotatable bonds is 4. The van der Waals surface area contributed by atoms with Gasteiger partial charge < -0.3 is 19.7 Å². The van der Waals surface area contributed by atoms with Crippen LogP contribution in [0, 0.1) is 0 Å². The predicted molar refractivity (Wildman–Crippen MR) is 90.8 cm³/mol. The van der Waals surface area contributed by atoms with E-state index in [1.807, 2.05) is 4.90 Å². The first-order valence-corrected chi connectivity index (χ1v) is 7.82. The molecule has 25 heavy (non-hydrogen) atoms. The number of carbonyl (C=O) groups is 2. The van der Waals surface area contributed by atoms with Gasteiger partial charge in [0.25, 0.3) is 5.91 Å². The Morgan fingerprint density at radius 2 is 1.96 bits per heavy atom. The Labute approximate surface area is 144 Å². The molecule has 0 radical (unpaired) electrons. The molecule has 0 atom stereocenters. The zero-order chi connectivity index (χ0) is 17.6. The van der Waals surface area contributed by atoms with Gasteiger partial charge in [0, 0.05) is 19.2 Å². The third kappa shape index (κ3) is 3.92. The summed E-state index contributed by atoms with van der Waals surface area (Å²) in [5.41, 5.74) is 0.864. The zero-order valence-corrected chi connectivity index (χ0v) is 13.8. The highest BCUT2D eigenvalue weighted by molar-refractivity contribution is 6.07. The van der Waals surface area contributed by atoms with Crippen molar-refractivity contribution in [2.75, 3.05) is 43.6 Å². The number of benzene rings is 1. The quantitative estimate of drug-likeness (QED) is 0.838. The molecule has 1 amide bonds. The molecular weight excluding hydrogens is 324 g/mol. The van der Waals surface area contributed by atoms with E-state index in [9.17, 15) is 9.59 Å². The number of aromatic nitrogens is 2. The van der Waals surface area contributed by atoms with Gasteiger partial charge >= 0.3 is 5.97 Å². The second-order valence-electron chi connectivity index (χ2n) is 5.35. The molecule has 0 bridgehead atoms. The first kappa shape index (κ1) is 16.8. The minimum atomic E-state index is -0.521. The Kier molecular flexibility index (Phi) is 5.20. The lowest BCUT2D eigenvalue weighted by molar-refractivity contribution is 0.0602. The molecule has 1 aliphatic rings. The van der Waals surface area contributed by atoms with Crippen molar-refractivity contribution in [1.82, 2.24) is 9.97 Å². The molecule has 1 N–H and O–H groups in total. The summed E-state index contributed by atoms with van der Waals surface area (Å²) in [7, 11) is 1.29. The summed E-state index contributed by atoms with van der Waals surface area (Å²) in [5, 5.41) is 2.70. The maximum atomic E-state index is 12.5. The fourth-order valence-corrected chi connectivity index (χ4v) is 2.50. The lowest BCUT2D eigenvalue weighted by Gasteiger charge is -2.27. The Hall–Kier alpha value is -3.00. The van der Waals surface area contributed by atoms with Gasteiger partial charge in [0.15, 0.2) is 0 Å². The SMILES string of the molecule is COC(=O)c1ccccc1NC(=O)c1cc(N2CCOCC2)ncn1. The molecule has 3 rings (SSSR count). The lowest BCUT2D eigenvalue weighted by Crippen LogP contribution is -2.37. The van der Waals surface area contributed by atoms with Crippen LogP contribution in [-0.2, 0) is 9.47 Å². The van der Waals surface area contributed by atoms with Crippen LogP contribution in [0.1, 0.15) is 20.8 Å². The van der Waals surface area contributed by atoms with E-state index in [1.165, 1.54) is 13.4 Å². The maximum absolute atomic E-state index is 12.5. The standard InChI is InChI=1S/C17H18N4O4/c1-24-17(23)12-4-2-3-5-13(12)20-16(22)14-10-15(19-11-18-14)21-6-8-25-9-7-21/h2-5,10-11H,6-9H2,1H3,(H,20,22). The molecule has 0 saturated carbocycles. The number of para-hydroxylation sites is 1. The Bertz CT molecular complexity index is 775. The number of hydrogen-bond donors (Lipinski definition) is 1. The van der Waals surface area contributed by atoms with Crippen LogP contribution in [0.2, 0.25) is 0 Å². The average Bonchev–Trinajstić information content (AvgIpc) is 2.68. The minimum absolute atomic E-state index is 0.219. The number of anilines is 2. The molecule has 1 aromatic carbocycles. The van der Waals surface area contributed by atoms with E-state index in [2.05, 4.69) is 15.3 Å². The molecule has 8 heteroatoms. The second-order valence-corrected chi connectivity index (χ2v) is 5.35. The van der Waals surface area contributed by atoms with Crippen LogP contribution >= 0.6 is 0 Å². The van der Waals surface area contributed by atoms with E-state index in [4.69, 9.17) is 9.47 Å². The molecular formula is C17H18N4O4. The molecule has 130 valence electrons. The van der Waals surface area contributed by atoms with Crippen LogP contribution in [0.3, 0.4) is 0 Å². The van der Waals surface area contributed by atoms with Crippen molar-refractivity contribution < 1.29 is 19.1 Å². The van der Waals surface area contributed by atoms with Crippen molar-refractivity contribution in [2.24, 2.45) is 0 Å². The largest absolute Gasteiger partial charge is 0.465 e. The van der Waals surface area contributed by atoms with Crippen molar-refractivity contribution in [3.63, 3.8) is 0 Å². The van der Waals surface area contributed by atoms with E-state index in [0.717, 1.165) is 0 Å². The summed E-state index contributed by atoms with van der Waals surface area (Å²) < 4.78 is 10.0. The fraction of sp³-hybridized carbons (Fsp3) is 0.294. The first-order chi connectivity index (χ1) is 12.2. The molecule has 1 saturated heterocycles. The summed E-state index contributed by atoms with van der Waals surface area (Å²) in [6, 6.07) is 8.26. The summed E-state index contributed by atoms with van der Waals surface area (Å²) >= 11 is 0. The van der Waals surface area contributed by atoms with E-state index in [1.54, 1.807) is 30.3 Å². The topological polar surface area (TPSA) is 93.7 Å². The van der Waals surface area contributed by atoms with Gasteiger partial charge in [0.2, 0.25) is 0 Å². The Morgan fingerprint density at radius 3 is 2.72 bits per heavy atom. The molecule has 2 aromatic rings. The number of nitrogens with one attached hydrogen (secondary N) is 1. The number of morpholine rings is 1. The maximum Gasteiger partial charge on any atom is 0.339 e. The van der Waals surface area contributed by atoms with E-state index < -0.39 is 11.9 Å². The van der Waals surface area contributed by atoms with Gasteiger partial charge in [-0.1, -0.05) is 12.1 Å². The molecule has 1 aromatic heterocycles. The predicted octanol–water partition coefficient (Wildman–Crippen LogP) is 1.35. The van der Waals surface area contributed by atoms with Crippen molar-refractivity contribution in [2.45, 2.75) is 0 Å². The van der Waals surface area contributed by atoms with E-state index >= 15 is 0 Å². The monoisotopic (exact) mass is 342 g/mol. The summed E-state index contributed by atoms with van der Waals surface area (Å²) in [6.45, 7) is 2.67. The van der Waals surface area contributed by atoms with Crippen LogP contribution in [0.15, 0.2) is 36.7 Å². The Morgan fingerprint density at radius 1 is 1.20 bits per heavy atom. The van der Waals surface area contributed by atoms with Crippen LogP contribution in [0.25, 0.3) is 0 Å². The third-order valence-electron chi connectivity index (χ3n) is 3.80. The van der Waals surface area contributed by atoms with Crippen LogP contribution < -0.4 is 10.2 Å². The number of methoxy groups -OCH3 is 1. The van der Waals surface area contributed by atoms with Gasteiger partial charge in [-0.2, -0.15) is 0 Å². The molecule has 0 unspecified atom stereocenters. The number of amides is 1. The summed E-state index contributed by atoms with van der Waals surface area (Å²) in [5.74, 6) is -0.273. The van der Waals surface area contributed by atoms with E-state index in [-0.39, 0.29) is 11.3 Å². The van der Waals surface area contributed by atoms with Gasteiger partial charge in [0.1, 0.15) is 17.8 Å². The molecule has 0 spiro atoms. The van der Waals surface area contributed by atoms with Gasteiger partial charge in [-0.25, -0.2) is 14.8 Å². The number of ether oxygens (including phenoxy) is 2. The van der Waals surface area contributed by atoms with Crippen molar-refractivity contribution >= 4 is 23.4 Å². The smallest absolute Gasteiger partial charge is 0.339 e. The molecule has 2 heterocycles. The highest BCUT2D eigenvalue weighted by Gasteiger charge is 2.18. The van der Waals surface area contributed by atoms with Crippen LogP contribution in [0.4, 0.5) is 11.5 Å². The second kappa shape index (κ2) is 7.71. The normalized spacial score (nSPS) is 14.0. The Balaban J connectivity index is 1.79. The van der Waals surface area contributed by atoms with Gasteiger partial charge in [0.05, 0.1) is 31.6 Å². The van der Waals surface area contributed by atoms with Crippen LogP contribution in [0.5, 0.6) is 0 Å². The third-order valence-corrected chi connectivity index (χ3v) is 3.80. The minimum Gasteiger partial charge on any atom is -0.465 e. The average molecular weight is 342 g/mol. The lowest BCUT2D eigenvalue weighted by atomic mass is 10.1. The van der Waals surface area contributed by atoms with Gasteiger partial charge in [-0.3, -0.25) is 4.79 Å². The van der Waals surface area contributed by atoms with Crippen molar-refractivity contribution in [1.29, 1.82) is 0 Å². The highest BCUT2D eigenvalue weighted by atomic mass is 16.5. The number of esters is 1. The first-order valence-electron chi connectivity index (χ1n) is 7.82. The fourth-order valence-electron chi connectivity index (χ4n) is 2.50. The van der Waals surface area contributed by atoms with Crippen molar-refractivity contribution in [3.8, 4) is 0 Å². The number of carbonyl (C=O) groups excluding carboxylic acids is 2. The van der Waals surface area contributed by atoms with Crippen molar-refractivity contribution in [3.05, 3.63) is 47.9 Å². The number of hydrogen-bond acceptors (Lipinski definition) is 7. The van der Waals surface area contributed by atoms with E-state index in [0.29, 0.717) is 37.8 Å². The summed E-state index contributed by atoms with van der Waals surface area (Å²) in [6.07, 6.45) is 1.35. The molecule has 0 aliphatic carbocycles. The highest BCUT2D eigenvalue weighted by Crippen LogP contribution is 2.18. The van der Waals surface area contributed by atoms with Gasteiger partial charge in [-0.05, 0) is 12.1 Å².